The van der Waals surface area contributed by atoms with Crippen molar-refractivity contribution in [1.82, 2.24) is 0 Å². The quantitative estimate of drug-likeness (QED) is 0.176. The van der Waals surface area contributed by atoms with Crippen molar-refractivity contribution in [3.63, 3.8) is 0 Å². The van der Waals surface area contributed by atoms with Crippen LogP contribution in [0.5, 0.6) is 0 Å². The molecule has 0 spiro atoms. The summed E-state index contributed by atoms with van der Waals surface area (Å²) >= 11 is 2.02. The molecule has 0 unspecified atom stereocenters. The molecule has 5 aromatic carbocycles. The number of rotatable bonds is 2. The maximum atomic E-state index is 2.59. The van der Waals surface area contributed by atoms with E-state index in [0.717, 1.165) is 0 Å². The van der Waals surface area contributed by atoms with E-state index in [1.807, 2.05) is 11.3 Å². The van der Waals surface area contributed by atoms with Gasteiger partial charge >= 0.3 is 0 Å². The summed E-state index contributed by atoms with van der Waals surface area (Å²) in [6, 6.07) is 37.4. The summed E-state index contributed by atoms with van der Waals surface area (Å²) in [5, 5.41) is 1.39. The third-order valence-corrected chi connectivity index (χ3v) is 12.5. The molecule has 47 heavy (non-hydrogen) atoms. The summed E-state index contributed by atoms with van der Waals surface area (Å²) in [6.07, 6.45) is 2.43. The first-order valence-corrected chi connectivity index (χ1v) is 17.9. The minimum absolute atomic E-state index is 0.145. The molecule has 3 aliphatic rings. The fourth-order valence-corrected chi connectivity index (χ4v) is 9.86. The van der Waals surface area contributed by atoms with Crippen molar-refractivity contribution < 1.29 is 0 Å². The summed E-state index contributed by atoms with van der Waals surface area (Å²) < 4.78 is 2.85. The van der Waals surface area contributed by atoms with Gasteiger partial charge in [-0.3, -0.25) is 0 Å². The predicted molar refractivity (Wildman–Crippen MR) is 205 cm³/mol. The smallest absolute Gasteiger partial charge is 0.264 e. The lowest BCUT2D eigenvalue weighted by Gasteiger charge is -2.43. The van der Waals surface area contributed by atoms with Gasteiger partial charge in [-0.1, -0.05) is 81.3 Å². The van der Waals surface area contributed by atoms with Crippen molar-refractivity contribution in [3.05, 3.63) is 125 Å². The molecule has 0 bridgehead atoms. The van der Waals surface area contributed by atoms with Crippen LogP contribution in [0.25, 0.3) is 10.1 Å². The van der Waals surface area contributed by atoms with E-state index in [0.29, 0.717) is 0 Å². The van der Waals surface area contributed by atoms with Gasteiger partial charge in [0.05, 0.1) is 5.69 Å². The number of anilines is 6. The molecule has 0 saturated heterocycles. The molecule has 2 aliphatic heterocycles. The molecule has 3 heterocycles. The molecule has 0 saturated carbocycles. The van der Waals surface area contributed by atoms with Crippen LogP contribution in [-0.4, -0.2) is 6.71 Å². The number of aryl methyl sites for hydroxylation is 3. The van der Waals surface area contributed by atoms with E-state index in [9.17, 15) is 0 Å². The van der Waals surface area contributed by atoms with E-state index in [1.54, 1.807) is 0 Å². The van der Waals surface area contributed by atoms with Crippen LogP contribution in [0.3, 0.4) is 0 Å². The lowest BCUT2D eigenvalue weighted by molar-refractivity contribution is 0.332. The number of hydrogen-bond acceptors (Lipinski definition) is 3. The highest BCUT2D eigenvalue weighted by Crippen LogP contribution is 2.52. The zero-order chi connectivity index (χ0) is 32.4. The molecule has 0 N–H and O–H groups in total. The van der Waals surface area contributed by atoms with Gasteiger partial charge in [0.1, 0.15) is 0 Å². The van der Waals surface area contributed by atoms with E-state index in [1.165, 1.54) is 101 Å². The average molecular weight is 629 g/mol. The first-order valence-electron chi connectivity index (χ1n) is 17.1. The SMILES string of the molecule is Cc1ccc(N2c3cc(C)ccc3B3c4sc5cc6c(cc5c4N(c4ccc(C)cc4)c4cccc2c43)C(C)(C)CCC6(C)C)cc1. The van der Waals surface area contributed by atoms with Crippen molar-refractivity contribution in [3.8, 4) is 0 Å². The van der Waals surface area contributed by atoms with Gasteiger partial charge in [0.25, 0.3) is 6.71 Å². The first kappa shape index (κ1) is 28.9. The number of fused-ring (bicyclic) bond motifs is 7. The van der Waals surface area contributed by atoms with Crippen LogP contribution in [-0.2, 0) is 10.8 Å². The van der Waals surface area contributed by atoms with E-state index in [2.05, 4.69) is 155 Å². The lowest BCUT2D eigenvalue weighted by Crippen LogP contribution is -2.60. The zero-order valence-corrected chi connectivity index (χ0v) is 29.3. The standard InChI is InChI=1S/C43H41BN2S/c1-26-11-16-29(17-12-26)45-35-9-8-10-36-39(35)44(34-20-15-28(3)23-37(34)45)41-40(46(36)30-18-13-27(2)14-19-30)31-24-32-33(25-38(31)47-41)43(6,7)22-21-42(32,4)5/h8-20,23-25H,21-22H2,1-7H3. The highest BCUT2D eigenvalue weighted by atomic mass is 32.1. The Bertz CT molecular complexity index is 2240. The van der Waals surface area contributed by atoms with Crippen LogP contribution in [0.2, 0.25) is 0 Å². The molecule has 2 nitrogen and oxygen atoms in total. The van der Waals surface area contributed by atoms with Crippen molar-refractivity contribution in [2.24, 2.45) is 0 Å². The fraction of sp³-hybridized carbons (Fsp3) is 0.256. The number of nitrogens with zero attached hydrogens (tertiary/aromatic N) is 2. The van der Waals surface area contributed by atoms with E-state index in [4.69, 9.17) is 0 Å². The van der Waals surface area contributed by atoms with Gasteiger partial charge in [0.15, 0.2) is 0 Å². The molecule has 6 aromatic rings. The molecule has 0 fully saturated rings. The maximum Gasteiger partial charge on any atom is 0.264 e. The van der Waals surface area contributed by atoms with E-state index in [-0.39, 0.29) is 17.5 Å². The Morgan fingerprint density at radius 1 is 0.596 bits per heavy atom. The molecule has 0 radical (unpaired) electrons. The Balaban J connectivity index is 1.40. The van der Waals surface area contributed by atoms with E-state index < -0.39 is 0 Å². The molecule has 9 rings (SSSR count). The summed E-state index contributed by atoms with van der Waals surface area (Å²) in [5.41, 5.74) is 17.6. The lowest BCUT2D eigenvalue weighted by atomic mass is 9.36. The maximum absolute atomic E-state index is 2.59. The first-order chi connectivity index (χ1) is 22.5. The van der Waals surface area contributed by atoms with Crippen LogP contribution >= 0.6 is 11.3 Å². The number of hydrogen-bond donors (Lipinski definition) is 0. The van der Waals surface area contributed by atoms with Gasteiger partial charge in [0, 0.05) is 43.3 Å². The zero-order valence-electron chi connectivity index (χ0n) is 28.5. The Morgan fingerprint density at radius 2 is 1.15 bits per heavy atom. The summed E-state index contributed by atoms with van der Waals surface area (Å²) in [7, 11) is 0. The third-order valence-electron chi connectivity index (χ3n) is 11.3. The molecular weight excluding hydrogens is 587 g/mol. The Morgan fingerprint density at radius 3 is 1.79 bits per heavy atom. The topological polar surface area (TPSA) is 6.48 Å². The van der Waals surface area contributed by atoms with Gasteiger partial charge in [0.2, 0.25) is 0 Å². The fourth-order valence-electron chi connectivity index (χ4n) is 8.52. The average Bonchev–Trinajstić information content (AvgIpc) is 3.42. The van der Waals surface area contributed by atoms with Crippen molar-refractivity contribution in [1.29, 1.82) is 0 Å². The monoisotopic (exact) mass is 628 g/mol. The van der Waals surface area contributed by atoms with Crippen molar-refractivity contribution in [2.45, 2.75) is 72.1 Å². The third kappa shape index (κ3) is 4.17. The molecule has 0 amide bonds. The van der Waals surface area contributed by atoms with Gasteiger partial charge < -0.3 is 9.80 Å². The minimum atomic E-state index is 0.145. The van der Waals surface area contributed by atoms with Crippen LogP contribution in [0, 0.1) is 20.8 Å². The van der Waals surface area contributed by atoms with Crippen LogP contribution in [0.4, 0.5) is 34.1 Å². The second-order valence-electron chi connectivity index (χ2n) is 15.5. The largest absolute Gasteiger partial charge is 0.311 e. The highest BCUT2D eigenvalue weighted by molar-refractivity contribution is 7.33. The number of benzene rings is 5. The Kier molecular flexibility index (Phi) is 6.07. The van der Waals surface area contributed by atoms with Crippen LogP contribution in [0.1, 0.15) is 68.4 Å². The highest BCUT2D eigenvalue weighted by Gasteiger charge is 2.46. The second kappa shape index (κ2) is 9.87. The van der Waals surface area contributed by atoms with Gasteiger partial charge in [-0.05, 0) is 127 Å². The van der Waals surface area contributed by atoms with Crippen molar-refractivity contribution in [2.75, 3.05) is 9.80 Å². The minimum Gasteiger partial charge on any atom is -0.311 e. The van der Waals surface area contributed by atoms with Gasteiger partial charge in [-0.2, -0.15) is 0 Å². The molecule has 4 heteroatoms. The predicted octanol–water partition coefficient (Wildman–Crippen LogP) is 10.3. The van der Waals surface area contributed by atoms with Crippen LogP contribution in [0.15, 0.2) is 97.1 Å². The van der Waals surface area contributed by atoms with Crippen LogP contribution < -0.4 is 25.5 Å². The second-order valence-corrected chi connectivity index (χ2v) is 16.6. The summed E-state index contributed by atoms with van der Waals surface area (Å²) in [6.45, 7) is 16.5. The summed E-state index contributed by atoms with van der Waals surface area (Å²) in [4.78, 5) is 5.09. The van der Waals surface area contributed by atoms with Gasteiger partial charge in [-0.15, -0.1) is 11.3 Å². The van der Waals surface area contributed by atoms with E-state index >= 15 is 0 Å². The molecular formula is C43H41BN2S. The van der Waals surface area contributed by atoms with Gasteiger partial charge in [-0.25, -0.2) is 0 Å². The molecule has 232 valence electrons. The molecule has 1 aromatic heterocycles. The molecule has 1 aliphatic carbocycles. The molecule has 0 atom stereocenters. The number of thiophene rings is 1. The Hall–Kier alpha value is -4.28. The van der Waals surface area contributed by atoms with Crippen molar-refractivity contribution >= 4 is 78.0 Å². The Labute approximate surface area is 283 Å². The normalized spacial score (nSPS) is 16.9. The summed E-state index contributed by atoms with van der Waals surface area (Å²) in [5.74, 6) is 0.